The predicted octanol–water partition coefficient (Wildman–Crippen LogP) is -0.615. The molecule has 0 spiro atoms. The van der Waals surface area contributed by atoms with Crippen LogP contribution in [-0.4, -0.2) is 34.3 Å². The van der Waals surface area contributed by atoms with E-state index >= 15 is 0 Å². The van der Waals surface area contributed by atoms with Gasteiger partial charge in [0.1, 0.15) is 0 Å². The van der Waals surface area contributed by atoms with Gasteiger partial charge in [-0.05, 0) is 13.8 Å². The molecule has 0 radical (unpaired) electrons. The summed E-state index contributed by atoms with van der Waals surface area (Å²) in [7, 11) is 0. The third kappa shape index (κ3) is 4.76. The first-order valence-corrected chi connectivity index (χ1v) is 4.61. The van der Waals surface area contributed by atoms with E-state index in [1.807, 2.05) is 0 Å². The zero-order valence-corrected chi connectivity index (χ0v) is 9.13. The number of primary amides is 1. The summed E-state index contributed by atoms with van der Waals surface area (Å²) in [5.41, 5.74) is 10.2. The van der Waals surface area contributed by atoms with Crippen molar-refractivity contribution in [1.29, 1.82) is 0 Å². The summed E-state index contributed by atoms with van der Waals surface area (Å²) in [5, 5.41) is 0. The molecule has 0 saturated carbocycles. The zero-order chi connectivity index (χ0) is 11.3. The Kier molecular flexibility index (Phi) is 5.07. The summed E-state index contributed by atoms with van der Waals surface area (Å²) in [6.07, 6.45) is -0.0270. The summed E-state index contributed by atoms with van der Waals surface area (Å²) >= 11 is 4.61. The SMILES string of the molecule is CC(C)N(CC(N)=O)C(=O)CC(N)=S. The number of rotatable bonds is 5. The molecule has 0 aliphatic carbocycles. The normalized spacial score (nSPS) is 9.93. The number of nitrogens with zero attached hydrogens (tertiary/aromatic N) is 1. The molecule has 0 fully saturated rings. The molecule has 4 N–H and O–H groups in total. The van der Waals surface area contributed by atoms with Crippen LogP contribution < -0.4 is 11.5 Å². The lowest BCUT2D eigenvalue weighted by molar-refractivity contribution is -0.135. The van der Waals surface area contributed by atoms with E-state index in [1.165, 1.54) is 4.90 Å². The van der Waals surface area contributed by atoms with Crippen LogP contribution >= 0.6 is 12.2 Å². The summed E-state index contributed by atoms with van der Waals surface area (Å²) < 4.78 is 0. The molecule has 5 nitrogen and oxygen atoms in total. The molecule has 80 valence electrons. The summed E-state index contributed by atoms with van der Waals surface area (Å²) in [5.74, 6) is -0.818. The Morgan fingerprint density at radius 2 is 1.86 bits per heavy atom. The molecule has 0 atom stereocenters. The highest BCUT2D eigenvalue weighted by Crippen LogP contribution is 2.01. The van der Waals surface area contributed by atoms with Crippen LogP contribution in [0.5, 0.6) is 0 Å². The van der Waals surface area contributed by atoms with Crippen molar-refractivity contribution in [2.75, 3.05) is 6.54 Å². The second-order valence-corrected chi connectivity index (χ2v) is 3.75. The first kappa shape index (κ1) is 12.8. The van der Waals surface area contributed by atoms with Crippen LogP contribution in [0.3, 0.4) is 0 Å². The largest absolute Gasteiger partial charge is 0.393 e. The van der Waals surface area contributed by atoms with Crippen molar-refractivity contribution in [3.05, 3.63) is 0 Å². The van der Waals surface area contributed by atoms with Gasteiger partial charge in [0.15, 0.2) is 0 Å². The Balaban J connectivity index is 4.41. The van der Waals surface area contributed by atoms with Gasteiger partial charge in [-0.1, -0.05) is 12.2 Å². The lowest BCUT2D eigenvalue weighted by Gasteiger charge is -2.25. The maximum Gasteiger partial charge on any atom is 0.237 e. The smallest absolute Gasteiger partial charge is 0.237 e. The molecule has 0 aromatic carbocycles. The van der Waals surface area contributed by atoms with E-state index in [9.17, 15) is 9.59 Å². The molecular weight excluding hydrogens is 202 g/mol. The Labute approximate surface area is 88.4 Å². The van der Waals surface area contributed by atoms with Crippen LogP contribution in [0.2, 0.25) is 0 Å². The summed E-state index contributed by atoms with van der Waals surface area (Å²) in [6, 6.07) is -0.0932. The minimum Gasteiger partial charge on any atom is -0.393 e. The van der Waals surface area contributed by atoms with Gasteiger partial charge in [0.2, 0.25) is 11.8 Å². The van der Waals surface area contributed by atoms with Crippen LogP contribution in [0.4, 0.5) is 0 Å². The Morgan fingerprint density at radius 1 is 1.36 bits per heavy atom. The summed E-state index contributed by atoms with van der Waals surface area (Å²) in [4.78, 5) is 23.6. The van der Waals surface area contributed by atoms with Crippen molar-refractivity contribution >= 4 is 29.0 Å². The second kappa shape index (κ2) is 5.54. The number of hydrogen-bond donors (Lipinski definition) is 2. The summed E-state index contributed by atoms with van der Waals surface area (Å²) in [6.45, 7) is 3.49. The molecular formula is C8H15N3O2S. The van der Waals surface area contributed by atoms with Crippen molar-refractivity contribution in [3.8, 4) is 0 Å². The van der Waals surface area contributed by atoms with Crippen LogP contribution in [0.15, 0.2) is 0 Å². The lowest BCUT2D eigenvalue weighted by atomic mass is 10.2. The molecule has 14 heavy (non-hydrogen) atoms. The molecule has 2 amide bonds. The van der Waals surface area contributed by atoms with Crippen LogP contribution in [0, 0.1) is 0 Å². The maximum absolute atomic E-state index is 11.5. The predicted molar refractivity (Wildman–Crippen MR) is 57.4 cm³/mol. The van der Waals surface area contributed by atoms with E-state index < -0.39 is 5.91 Å². The van der Waals surface area contributed by atoms with Crippen LogP contribution in [0.25, 0.3) is 0 Å². The Hall–Kier alpha value is -1.17. The zero-order valence-electron chi connectivity index (χ0n) is 8.32. The van der Waals surface area contributed by atoms with E-state index in [4.69, 9.17) is 11.5 Å². The standard InChI is InChI=1S/C8H15N3O2S/c1-5(2)11(4-6(9)12)8(13)3-7(10)14/h5H,3-4H2,1-2H3,(H2,9,12)(H2,10,14). The quantitative estimate of drug-likeness (QED) is 0.601. The highest BCUT2D eigenvalue weighted by atomic mass is 32.1. The highest BCUT2D eigenvalue weighted by molar-refractivity contribution is 7.80. The van der Waals surface area contributed by atoms with Gasteiger partial charge in [-0.15, -0.1) is 0 Å². The number of carbonyl (C=O) groups is 2. The number of hydrogen-bond acceptors (Lipinski definition) is 3. The molecule has 0 bridgehead atoms. The van der Waals surface area contributed by atoms with Gasteiger partial charge in [-0.2, -0.15) is 0 Å². The van der Waals surface area contributed by atoms with E-state index in [0.717, 1.165) is 0 Å². The van der Waals surface area contributed by atoms with Crippen LogP contribution in [0.1, 0.15) is 20.3 Å². The molecule has 0 saturated heterocycles. The second-order valence-electron chi connectivity index (χ2n) is 3.22. The topological polar surface area (TPSA) is 89.4 Å². The number of amides is 2. The fourth-order valence-electron chi connectivity index (χ4n) is 0.977. The maximum atomic E-state index is 11.5. The molecule has 0 aliphatic heterocycles. The van der Waals surface area contributed by atoms with Crippen molar-refractivity contribution in [1.82, 2.24) is 4.90 Å². The van der Waals surface area contributed by atoms with Gasteiger partial charge in [0.25, 0.3) is 0 Å². The molecule has 0 aliphatic rings. The molecule has 0 unspecified atom stereocenters. The van der Waals surface area contributed by atoms with Gasteiger partial charge in [-0.25, -0.2) is 0 Å². The molecule has 0 heterocycles. The fraction of sp³-hybridized carbons (Fsp3) is 0.625. The van der Waals surface area contributed by atoms with E-state index in [-0.39, 0.29) is 29.9 Å². The van der Waals surface area contributed by atoms with Gasteiger partial charge in [0, 0.05) is 6.04 Å². The molecule has 6 heteroatoms. The van der Waals surface area contributed by atoms with E-state index in [2.05, 4.69) is 12.2 Å². The third-order valence-corrected chi connectivity index (χ3v) is 1.74. The first-order valence-electron chi connectivity index (χ1n) is 4.20. The van der Waals surface area contributed by atoms with Crippen LogP contribution in [-0.2, 0) is 9.59 Å². The van der Waals surface area contributed by atoms with Gasteiger partial charge >= 0.3 is 0 Å². The van der Waals surface area contributed by atoms with Gasteiger partial charge in [0.05, 0.1) is 18.0 Å². The minimum absolute atomic E-state index is 0.0270. The monoisotopic (exact) mass is 217 g/mol. The van der Waals surface area contributed by atoms with Gasteiger partial charge in [-0.3, -0.25) is 9.59 Å². The van der Waals surface area contributed by atoms with Gasteiger partial charge < -0.3 is 16.4 Å². The minimum atomic E-state index is -0.546. The number of nitrogens with two attached hydrogens (primary N) is 2. The van der Waals surface area contributed by atoms with Crippen molar-refractivity contribution in [2.24, 2.45) is 11.5 Å². The van der Waals surface area contributed by atoms with E-state index in [0.29, 0.717) is 0 Å². The van der Waals surface area contributed by atoms with Crippen molar-refractivity contribution in [2.45, 2.75) is 26.3 Å². The molecule has 0 rings (SSSR count). The lowest BCUT2D eigenvalue weighted by Crippen LogP contribution is -2.43. The number of carbonyl (C=O) groups excluding carboxylic acids is 2. The highest BCUT2D eigenvalue weighted by Gasteiger charge is 2.18. The average Bonchev–Trinajstić information content (AvgIpc) is 1.97. The van der Waals surface area contributed by atoms with E-state index in [1.54, 1.807) is 13.8 Å². The Bertz CT molecular complexity index is 253. The van der Waals surface area contributed by atoms with Crippen molar-refractivity contribution < 1.29 is 9.59 Å². The average molecular weight is 217 g/mol. The molecule has 0 aromatic rings. The molecule has 0 aromatic heterocycles. The van der Waals surface area contributed by atoms with Crippen molar-refractivity contribution in [3.63, 3.8) is 0 Å². The fourth-order valence-corrected chi connectivity index (χ4v) is 1.10. The Morgan fingerprint density at radius 3 is 2.14 bits per heavy atom. The first-order chi connectivity index (χ1) is 6.34. The third-order valence-electron chi connectivity index (χ3n) is 1.60. The number of thiocarbonyl (C=S) groups is 1.